The molecule has 0 saturated heterocycles. The fourth-order valence-electron chi connectivity index (χ4n) is 3.49. The zero-order valence-electron chi connectivity index (χ0n) is 13.0. The van der Waals surface area contributed by atoms with Gasteiger partial charge in [0.15, 0.2) is 0 Å². The van der Waals surface area contributed by atoms with Gasteiger partial charge in [-0.2, -0.15) is 0 Å². The summed E-state index contributed by atoms with van der Waals surface area (Å²) in [4.78, 5) is 0. The second-order valence-electron chi connectivity index (χ2n) is 5.84. The van der Waals surface area contributed by atoms with Gasteiger partial charge in [0.1, 0.15) is 5.75 Å². The molecule has 1 fully saturated rings. The van der Waals surface area contributed by atoms with Crippen molar-refractivity contribution in [2.45, 2.75) is 57.9 Å². The number of hydrogen-bond acceptors (Lipinski definition) is 2. The third kappa shape index (κ3) is 3.99. The molecule has 0 aliphatic heterocycles. The summed E-state index contributed by atoms with van der Waals surface area (Å²) in [7, 11) is 2.09. The number of rotatable bonds is 5. The van der Waals surface area contributed by atoms with Gasteiger partial charge in [0.05, 0.1) is 6.61 Å². The Balaban J connectivity index is 2.17. The first-order chi connectivity index (χ1) is 9.86. The SMILES string of the molecule is CCOc1ccccc1C(NC)C1CCCCCCC1. The second-order valence-corrected chi connectivity index (χ2v) is 5.84. The zero-order chi connectivity index (χ0) is 14.2. The lowest BCUT2D eigenvalue weighted by Crippen LogP contribution is -2.26. The molecule has 2 heteroatoms. The molecular weight excluding hydrogens is 246 g/mol. The van der Waals surface area contributed by atoms with E-state index in [9.17, 15) is 0 Å². The topological polar surface area (TPSA) is 21.3 Å². The minimum atomic E-state index is 0.427. The lowest BCUT2D eigenvalue weighted by molar-refractivity contribution is 0.283. The predicted molar refractivity (Wildman–Crippen MR) is 85.2 cm³/mol. The Hall–Kier alpha value is -1.02. The number of benzene rings is 1. The summed E-state index contributed by atoms with van der Waals surface area (Å²) in [5.74, 6) is 1.79. The smallest absolute Gasteiger partial charge is 0.124 e. The van der Waals surface area contributed by atoms with Crippen LogP contribution in [-0.4, -0.2) is 13.7 Å². The normalized spacial score (nSPS) is 19.1. The first kappa shape index (κ1) is 15.4. The maximum atomic E-state index is 5.83. The van der Waals surface area contributed by atoms with E-state index in [1.165, 1.54) is 50.5 Å². The maximum absolute atomic E-state index is 5.83. The molecule has 2 nitrogen and oxygen atoms in total. The van der Waals surface area contributed by atoms with E-state index in [0.717, 1.165) is 18.3 Å². The molecule has 112 valence electrons. The summed E-state index contributed by atoms with van der Waals surface area (Å²) in [5.41, 5.74) is 1.34. The van der Waals surface area contributed by atoms with Crippen LogP contribution in [0.15, 0.2) is 24.3 Å². The Morgan fingerprint density at radius 2 is 1.75 bits per heavy atom. The van der Waals surface area contributed by atoms with Crippen molar-refractivity contribution in [1.29, 1.82) is 0 Å². The summed E-state index contributed by atoms with van der Waals surface area (Å²) in [6.45, 7) is 2.79. The summed E-state index contributed by atoms with van der Waals surface area (Å²) in [6, 6.07) is 8.96. The van der Waals surface area contributed by atoms with Crippen molar-refractivity contribution in [3.05, 3.63) is 29.8 Å². The van der Waals surface area contributed by atoms with E-state index in [0.29, 0.717) is 6.04 Å². The molecule has 0 amide bonds. The minimum Gasteiger partial charge on any atom is -0.494 e. The highest BCUT2D eigenvalue weighted by molar-refractivity contribution is 5.36. The number of nitrogens with one attached hydrogen (secondary N) is 1. The van der Waals surface area contributed by atoms with Crippen molar-refractivity contribution in [2.75, 3.05) is 13.7 Å². The molecule has 1 aliphatic carbocycles. The largest absolute Gasteiger partial charge is 0.494 e. The van der Waals surface area contributed by atoms with E-state index in [1.54, 1.807) is 0 Å². The van der Waals surface area contributed by atoms with Gasteiger partial charge in [0, 0.05) is 11.6 Å². The number of hydrogen-bond donors (Lipinski definition) is 1. The van der Waals surface area contributed by atoms with Crippen LogP contribution >= 0.6 is 0 Å². The maximum Gasteiger partial charge on any atom is 0.124 e. The minimum absolute atomic E-state index is 0.427. The highest BCUT2D eigenvalue weighted by atomic mass is 16.5. The van der Waals surface area contributed by atoms with Crippen LogP contribution in [0.3, 0.4) is 0 Å². The second kappa shape index (κ2) is 8.31. The first-order valence-electron chi connectivity index (χ1n) is 8.25. The molecule has 1 unspecified atom stereocenters. The van der Waals surface area contributed by atoms with Crippen LogP contribution in [-0.2, 0) is 0 Å². The predicted octanol–water partition coefficient (Wildman–Crippen LogP) is 4.71. The number of para-hydroxylation sites is 1. The molecule has 1 N–H and O–H groups in total. The van der Waals surface area contributed by atoms with E-state index in [1.807, 2.05) is 0 Å². The van der Waals surface area contributed by atoms with Crippen LogP contribution in [0.5, 0.6) is 5.75 Å². The van der Waals surface area contributed by atoms with Gasteiger partial charge in [-0.1, -0.05) is 50.3 Å². The van der Waals surface area contributed by atoms with Crippen molar-refractivity contribution in [3.63, 3.8) is 0 Å². The Morgan fingerprint density at radius 3 is 2.40 bits per heavy atom. The van der Waals surface area contributed by atoms with Crippen molar-refractivity contribution < 1.29 is 4.74 Å². The molecule has 0 aromatic heterocycles. The van der Waals surface area contributed by atoms with E-state index in [4.69, 9.17) is 4.74 Å². The van der Waals surface area contributed by atoms with Crippen molar-refractivity contribution >= 4 is 0 Å². The van der Waals surface area contributed by atoms with Gasteiger partial charge < -0.3 is 10.1 Å². The van der Waals surface area contributed by atoms with Crippen LogP contribution in [0.4, 0.5) is 0 Å². The van der Waals surface area contributed by atoms with Crippen LogP contribution < -0.4 is 10.1 Å². The molecule has 0 heterocycles. The highest BCUT2D eigenvalue weighted by Gasteiger charge is 2.24. The molecular formula is C18H29NO. The zero-order valence-corrected chi connectivity index (χ0v) is 13.0. The van der Waals surface area contributed by atoms with E-state index in [2.05, 4.69) is 43.6 Å². The Labute approximate surface area is 123 Å². The first-order valence-corrected chi connectivity index (χ1v) is 8.25. The highest BCUT2D eigenvalue weighted by Crippen LogP contribution is 2.36. The Morgan fingerprint density at radius 1 is 1.10 bits per heavy atom. The quantitative estimate of drug-likeness (QED) is 0.840. The van der Waals surface area contributed by atoms with Crippen molar-refractivity contribution in [2.24, 2.45) is 5.92 Å². The Bertz CT molecular complexity index is 383. The van der Waals surface area contributed by atoms with Gasteiger partial charge in [-0.15, -0.1) is 0 Å². The van der Waals surface area contributed by atoms with Crippen molar-refractivity contribution in [1.82, 2.24) is 5.32 Å². The van der Waals surface area contributed by atoms with Gasteiger partial charge in [-0.3, -0.25) is 0 Å². The Kier molecular flexibility index (Phi) is 6.38. The lowest BCUT2D eigenvalue weighted by Gasteiger charge is -2.30. The molecule has 1 aromatic carbocycles. The van der Waals surface area contributed by atoms with Gasteiger partial charge in [0.2, 0.25) is 0 Å². The fraction of sp³-hybridized carbons (Fsp3) is 0.667. The molecule has 1 aliphatic rings. The molecule has 1 atom stereocenters. The summed E-state index contributed by atoms with van der Waals surface area (Å²) in [5, 5.41) is 3.56. The fourth-order valence-corrected chi connectivity index (χ4v) is 3.49. The molecule has 2 rings (SSSR count). The summed E-state index contributed by atoms with van der Waals surface area (Å²) >= 11 is 0. The summed E-state index contributed by atoms with van der Waals surface area (Å²) in [6.07, 6.45) is 9.66. The van der Waals surface area contributed by atoms with E-state index in [-0.39, 0.29) is 0 Å². The third-order valence-electron chi connectivity index (χ3n) is 4.49. The van der Waals surface area contributed by atoms with Crippen LogP contribution in [0.1, 0.15) is 63.5 Å². The molecule has 1 saturated carbocycles. The average Bonchev–Trinajstić information content (AvgIpc) is 2.43. The number of ether oxygens (including phenoxy) is 1. The van der Waals surface area contributed by atoms with Crippen LogP contribution in [0.25, 0.3) is 0 Å². The molecule has 1 aromatic rings. The lowest BCUT2D eigenvalue weighted by atomic mass is 9.82. The van der Waals surface area contributed by atoms with Gasteiger partial charge >= 0.3 is 0 Å². The average molecular weight is 275 g/mol. The van der Waals surface area contributed by atoms with Crippen LogP contribution in [0.2, 0.25) is 0 Å². The van der Waals surface area contributed by atoms with E-state index >= 15 is 0 Å². The van der Waals surface area contributed by atoms with Gasteiger partial charge in [0.25, 0.3) is 0 Å². The van der Waals surface area contributed by atoms with Gasteiger partial charge in [-0.05, 0) is 38.8 Å². The molecule has 20 heavy (non-hydrogen) atoms. The standard InChI is InChI=1S/C18H29NO/c1-3-20-17-14-10-9-13-16(17)18(19-2)15-11-7-5-4-6-8-12-15/h9-10,13-15,18-19H,3-8,11-12H2,1-2H3. The van der Waals surface area contributed by atoms with E-state index < -0.39 is 0 Å². The molecule has 0 radical (unpaired) electrons. The summed E-state index contributed by atoms with van der Waals surface area (Å²) < 4.78 is 5.83. The molecule has 0 spiro atoms. The van der Waals surface area contributed by atoms with Crippen LogP contribution in [0, 0.1) is 5.92 Å². The van der Waals surface area contributed by atoms with Gasteiger partial charge in [-0.25, -0.2) is 0 Å². The monoisotopic (exact) mass is 275 g/mol. The van der Waals surface area contributed by atoms with Crippen molar-refractivity contribution in [3.8, 4) is 5.75 Å². The third-order valence-corrected chi connectivity index (χ3v) is 4.49. The molecule has 0 bridgehead atoms.